The molecular weight excluding hydrogens is 262 g/mol. The number of hydrogen-bond acceptors (Lipinski definition) is 3. The molecule has 2 rings (SSSR count). The van der Waals surface area contributed by atoms with Crippen LogP contribution in [0.5, 0.6) is 0 Å². The summed E-state index contributed by atoms with van der Waals surface area (Å²) in [5.41, 5.74) is 1.78. The molecule has 5 heteroatoms. The average Bonchev–Trinajstić information content (AvgIpc) is 2.89. The number of amides is 1. The molecule has 1 saturated heterocycles. The van der Waals surface area contributed by atoms with E-state index in [4.69, 9.17) is 0 Å². The summed E-state index contributed by atoms with van der Waals surface area (Å²) in [7, 11) is 3.95. The quantitative estimate of drug-likeness (QED) is 0.880. The van der Waals surface area contributed by atoms with Crippen LogP contribution in [-0.4, -0.2) is 39.6 Å². The van der Waals surface area contributed by atoms with Crippen molar-refractivity contribution >= 4 is 24.0 Å². The van der Waals surface area contributed by atoms with Crippen LogP contribution in [-0.2, 0) is 0 Å². The van der Waals surface area contributed by atoms with Crippen molar-refractivity contribution in [2.45, 2.75) is 6.42 Å². The van der Waals surface area contributed by atoms with Crippen molar-refractivity contribution in [2.24, 2.45) is 5.92 Å². The van der Waals surface area contributed by atoms with Gasteiger partial charge >= 0.3 is 0 Å². The van der Waals surface area contributed by atoms with Crippen LogP contribution in [0.3, 0.4) is 0 Å². The van der Waals surface area contributed by atoms with E-state index in [1.54, 1.807) is 0 Å². The Labute approximate surface area is 121 Å². The summed E-state index contributed by atoms with van der Waals surface area (Å²) in [6.45, 7) is 2.84. The SMILES string of the molecule is CN(C)c1cccc(C(=O)NCC2CCNC2)c1.Cl. The molecule has 1 atom stereocenters. The molecule has 1 heterocycles. The average molecular weight is 284 g/mol. The molecule has 1 aliphatic heterocycles. The fraction of sp³-hybridized carbons (Fsp3) is 0.500. The molecule has 19 heavy (non-hydrogen) atoms. The number of hydrogen-bond donors (Lipinski definition) is 2. The van der Waals surface area contributed by atoms with Crippen LogP contribution in [0.4, 0.5) is 5.69 Å². The number of carbonyl (C=O) groups is 1. The molecule has 0 aromatic heterocycles. The lowest BCUT2D eigenvalue weighted by Crippen LogP contribution is -2.30. The van der Waals surface area contributed by atoms with Gasteiger partial charge < -0.3 is 15.5 Å². The van der Waals surface area contributed by atoms with Crippen LogP contribution in [0.15, 0.2) is 24.3 Å². The van der Waals surface area contributed by atoms with Crippen LogP contribution in [0.2, 0.25) is 0 Å². The Balaban J connectivity index is 0.00000180. The maximum absolute atomic E-state index is 12.0. The van der Waals surface area contributed by atoms with Gasteiger partial charge in [-0.2, -0.15) is 0 Å². The van der Waals surface area contributed by atoms with E-state index in [-0.39, 0.29) is 18.3 Å². The van der Waals surface area contributed by atoms with Gasteiger partial charge in [-0.3, -0.25) is 4.79 Å². The maximum Gasteiger partial charge on any atom is 0.251 e. The van der Waals surface area contributed by atoms with Crippen molar-refractivity contribution in [1.82, 2.24) is 10.6 Å². The summed E-state index contributed by atoms with van der Waals surface area (Å²) in [4.78, 5) is 14.0. The minimum absolute atomic E-state index is 0. The maximum atomic E-state index is 12.0. The van der Waals surface area contributed by atoms with Crippen LogP contribution in [0.25, 0.3) is 0 Å². The van der Waals surface area contributed by atoms with Crippen molar-refractivity contribution in [2.75, 3.05) is 38.6 Å². The first-order valence-electron chi connectivity index (χ1n) is 6.43. The second-order valence-electron chi connectivity index (χ2n) is 5.01. The Morgan fingerprint density at radius 3 is 2.89 bits per heavy atom. The molecule has 1 aromatic rings. The summed E-state index contributed by atoms with van der Waals surface area (Å²) in [6.07, 6.45) is 1.15. The Morgan fingerprint density at radius 1 is 1.47 bits per heavy atom. The first kappa shape index (κ1) is 15.8. The van der Waals surface area contributed by atoms with E-state index in [0.29, 0.717) is 5.92 Å². The van der Waals surface area contributed by atoms with Crippen molar-refractivity contribution in [3.63, 3.8) is 0 Å². The Hall–Kier alpha value is -1.26. The first-order chi connectivity index (χ1) is 8.66. The molecule has 0 saturated carbocycles. The highest BCUT2D eigenvalue weighted by molar-refractivity contribution is 5.95. The van der Waals surface area contributed by atoms with Crippen molar-refractivity contribution in [1.29, 1.82) is 0 Å². The largest absolute Gasteiger partial charge is 0.378 e. The number of anilines is 1. The number of nitrogens with one attached hydrogen (secondary N) is 2. The molecule has 0 spiro atoms. The van der Waals surface area contributed by atoms with Gasteiger partial charge in [0.2, 0.25) is 0 Å². The van der Waals surface area contributed by atoms with Gasteiger partial charge in [-0.1, -0.05) is 6.07 Å². The van der Waals surface area contributed by atoms with Crippen LogP contribution < -0.4 is 15.5 Å². The zero-order valence-electron chi connectivity index (χ0n) is 11.5. The van der Waals surface area contributed by atoms with Gasteiger partial charge in [0.15, 0.2) is 0 Å². The zero-order chi connectivity index (χ0) is 13.0. The minimum atomic E-state index is 0. The highest BCUT2D eigenvalue weighted by atomic mass is 35.5. The molecule has 1 fully saturated rings. The van der Waals surface area contributed by atoms with Gasteiger partial charge in [0.05, 0.1) is 0 Å². The Kier molecular flexibility index (Phi) is 6.12. The number of benzene rings is 1. The number of halogens is 1. The van der Waals surface area contributed by atoms with E-state index < -0.39 is 0 Å². The Morgan fingerprint density at radius 2 is 2.26 bits per heavy atom. The second-order valence-corrected chi connectivity index (χ2v) is 5.01. The molecule has 0 aliphatic carbocycles. The fourth-order valence-electron chi connectivity index (χ4n) is 2.15. The molecular formula is C14H22ClN3O. The second kappa shape index (κ2) is 7.36. The van der Waals surface area contributed by atoms with Crippen LogP contribution >= 0.6 is 12.4 Å². The summed E-state index contributed by atoms with van der Waals surface area (Å²) in [6, 6.07) is 7.69. The van der Waals surface area contributed by atoms with Gasteiger partial charge in [-0.15, -0.1) is 12.4 Å². The first-order valence-corrected chi connectivity index (χ1v) is 6.43. The lowest BCUT2D eigenvalue weighted by molar-refractivity contribution is 0.0948. The third-order valence-corrected chi connectivity index (χ3v) is 3.34. The van der Waals surface area contributed by atoms with E-state index >= 15 is 0 Å². The lowest BCUT2D eigenvalue weighted by Gasteiger charge is -2.14. The van der Waals surface area contributed by atoms with Crippen molar-refractivity contribution < 1.29 is 4.79 Å². The van der Waals surface area contributed by atoms with Crippen molar-refractivity contribution in [3.05, 3.63) is 29.8 Å². The minimum Gasteiger partial charge on any atom is -0.378 e. The van der Waals surface area contributed by atoms with Crippen LogP contribution in [0.1, 0.15) is 16.8 Å². The van der Waals surface area contributed by atoms with Crippen LogP contribution in [0, 0.1) is 5.92 Å². The summed E-state index contributed by atoms with van der Waals surface area (Å²) < 4.78 is 0. The predicted molar refractivity (Wildman–Crippen MR) is 81.3 cm³/mol. The Bertz CT molecular complexity index is 417. The molecule has 2 N–H and O–H groups in total. The van der Waals surface area contributed by atoms with E-state index in [1.807, 2.05) is 43.3 Å². The van der Waals surface area contributed by atoms with Gasteiger partial charge in [-0.25, -0.2) is 0 Å². The topological polar surface area (TPSA) is 44.4 Å². The normalized spacial score (nSPS) is 17.7. The number of nitrogens with zero attached hydrogens (tertiary/aromatic N) is 1. The molecule has 1 aromatic carbocycles. The smallest absolute Gasteiger partial charge is 0.251 e. The lowest BCUT2D eigenvalue weighted by atomic mass is 10.1. The predicted octanol–water partition coefficient (Wildman–Crippen LogP) is 1.51. The summed E-state index contributed by atoms with van der Waals surface area (Å²) in [5.74, 6) is 0.594. The molecule has 4 nitrogen and oxygen atoms in total. The molecule has 0 radical (unpaired) electrons. The highest BCUT2D eigenvalue weighted by Crippen LogP contribution is 2.13. The molecule has 1 amide bonds. The van der Waals surface area contributed by atoms with Crippen molar-refractivity contribution in [3.8, 4) is 0 Å². The molecule has 1 unspecified atom stereocenters. The van der Waals surface area contributed by atoms with E-state index in [2.05, 4.69) is 10.6 Å². The van der Waals surface area contributed by atoms with E-state index in [0.717, 1.165) is 37.3 Å². The molecule has 106 valence electrons. The molecule has 0 bridgehead atoms. The standard InChI is InChI=1S/C14H21N3O.ClH/c1-17(2)13-5-3-4-12(8-13)14(18)16-10-11-6-7-15-9-11;/h3-5,8,11,15H,6-7,9-10H2,1-2H3,(H,16,18);1H. The summed E-state index contributed by atoms with van der Waals surface area (Å²) in [5, 5.41) is 6.31. The third-order valence-electron chi connectivity index (χ3n) is 3.34. The number of rotatable bonds is 4. The highest BCUT2D eigenvalue weighted by Gasteiger charge is 2.15. The molecule has 1 aliphatic rings. The third kappa shape index (κ3) is 4.40. The monoisotopic (exact) mass is 283 g/mol. The summed E-state index contributed by atoms with van der Waals surface area (Å²) >= 11 is 0. The van der Waals surface area contributed by atoms with Gasteiger partial charge in [0, 0.05) is 31.9 Å². The number of carbonyl (C=O) groups excluding carboxylic acids is 1. The van der Waals surface area contributed by atoms with Gasteiger partial charge in [-0.05, 0) is 43.6 Å². The van der Waals surface area contributed by atoms with E-state index in [9.17, 15) is 4.79 Å². The fourth-order valence-corrected chi connectivity index (χ4v) is 2.15. The zero-order valence-corrected chi connectivity index (χ0v) is 12.3. The van der Waals surface area contributed by atoms with Gasteiger partial charge in [0.1, 0.15) is 0 Å². The van der Waals surface area contributed by atoms with Gasteiger partial charge in [0.25, 0.3) is 5.91 Å². The van der Waals surface area contributed by atoms with E-state index in [1.165, 1.54) is 0 Å².